The molecular weight excluding hydrogens is 278 g/mol. The third-order valence-electron chi connectivity index (χ3n) is 4.65. The van der Waals surface area contributed by atoms with Gasteiger partial charge in [0.2, 0.25) is 10.0 Å². The molecule has 1 aliphatic carbocycles. The van der Waals surface area contributed by atoms with Crippen LogP contribution in [0.2, 0.25) is 0 Å². The lowest BCUT2D eigenvalue weighted by molar-refractivity contribution is -0.149. The lowest BCUT2D eigenvalue weighted by Crippen LogP contribution is -2.37. The molecule has 1 heterocycles. The van der Waals surface area contributed by atoms with Crippen LogP contribution < -0.4 is 0 Å². The second-order valence-corrected chi connectivity index (χ2v) is 7.60. The Kier molecular flexibility index (Phi) is 3.10. The fourth-order valence-corrected chi connectivity index (χ4v) is 5.09. The maximum absolute atomic E-state index is 12.6. The van der Waals surface area contributed by atoms with Crippen LogP contribution in [-0.4, -0.2) is 36.9 Å². The minimum atomic E-state index is -3.58. The van der Waals surface area contributed by atoms with E-state index in [4.69, 9.17) is 0 Å². The first kappa shape index (κ1) is 13.6. The zero-order valence-electron chi connectivity index (χ0n) is 11.0. The van der Waals surface area contributed by atoms with Gasteiger partial charge in [0, 0.05) is 13.1 Å². The summed E-state index contributed by atoms with van der Waals surface area (Å²) in [5.74, 6) is -0.913. The van der Waals surface area contributed by atoms with E-state index in [2.05, 4.69) is 0 Å². The van der Waals surface area contributed by atoms with Crippen molar-refractivity contribution >= 4 is 16.0 Å². The Balaban J connectivity index is 1.93. The van der Waals surface area contributed by atoms with Gasteiger partial charge in [-0.15, -0.1) is 0 Å². The first-order chi connectivity index (χ1) is 9.47. The van der Waals surface area contributed by atoms with E-state index in [0.717, 1.165) is 12.8 Å². The van der Waals surface area contributed by atoms with Gasteiger partial charge >= 0.3 is 5.97 Å². The second kappa shape index (κ2) is 4.56. The van der Waals surface area contributed by atoms with Crippen molar-refractivity contribution in [1.29, 1.82) is 0 Å². The number of carbonyl (C=O) groups is 1. The second-order valence-electron chi connectivity index (χ2n) is 5.66. The highest BCUT2D eigenvalue weighted by molar-refractivity contribution is 7.89. The molecule has 0 bridgehead atoms. The highest BCUT2D eigenvalue weighted by Gasteiger charge is 2.57. The highest BCUT2D eigenvalue weighted by Crippen LogP contribution is 2.50. The van der Waals surface area contributed by atoms with Gasteiger partial charge < -0.3 is 5.11 Å². The van der Waals surface area contributed by atoms with Gasteiger partial charge in [-0.3, -0.25) is 4.79 Å². The average Bonchev–Trinajstić information content (AvgIpc) is 2.97. The van der Waals surface area contributed by atoms with Gasteiger partial charge in [-0.2, -0.15) is 4.31 Å². The van der Waals surface area contributed by atoms with Crippen LogP contribution in [0.15, 0.2) is 35.2 Å². The summed E-state index contributed by atoms with van der Waals surface area (Å²) in [6.45, 7) is 0.424. The molecule has 0 spiro atoms. The lowest BCUT2D eigenvalue weighted by atomic mass is 9.81. The van der Waals surface area contributed by atoms with E-state index in [0.29, 0.717) is 13.0 Å². The Morgan fingerprint density at radius 2 is 2.00 bits per heavy atom. The maximum Gasteiger partial charge on any atom is 0.311 e. The fourth-order valence-electron chi connectivity index (χ4n) is 3.52. The molecule has 6 heteroatoms. The largest absolute Gasteiger partial charge is 0.481 e. The summed E-state index contributed by atoms with van der Waals surface area (Å²) in [5, 5.41) is 9.51. The van der Waals surface area contributed by atoms with E-state index in [-0.39, 0.29) is 17.4 Å². The molecule has 3 rings (SSSR count). The molecular formula is C14H17NO4S. The van der Waals surface area contributed by atoms with Gasteiger partial charge in [-0.25, -0.2) is 8.42 Å². The van der Waals surface area contributed by atoms with Crippen molar-refractivity contribution in [3.63, 3.8) is 0 Å². The van der Waals surface area contributed by atoms with Crippen molar-refractivity contribution in [2.24, 2.45) is 11.3 Å². The van der Waals surface area contributed by atoms with Crippen LogP contribution in [0, 0.1) is 11.3 Å². The van der Waals surface area contributed by atoms with Crippen LogP contribution >= 0.6 is 0 Å². The van der Waals surface area contributed by atoms with Crippen molar-refractivity contribution in [2.45, 2.75) is 24.2 Å². The molecule has 0 unspecified atom stereocenters. The number of aliphatic carboxylic acids is 1. The molecule has 0 amide bonds. The summed E-state index contributed by atoms with van der Waals surface area (Å²) >= 11 is 0. The predicted octanol–water partition coefficient (Wildman–Crippen LogP) is 1.56. The summed E-state index contributed by atoms with van der Waals surface area (Å²) in [6, 6.07) is 8.22. The van der Waals surface area contributed by atoms with Crippen LogP contribution in [0.1, 0.15) is 19.3 Å². The Labute approximate surface area is 118 Å². The number of carboxylic acid groups (broad SMARTS) is 1. The molecule has 2 atom stereocenters. The summed E-state index contributed by atoms with van der Waals surface area (Å²) in [7, 11) is -3.58. The fraction of sp³-hybridized carbons (Fsp3) is 0.500. The van der Waals surface area contributed by atoms with Gasteiger partial charge in [-0.1, -0.05) is 24.6 Å². The van der Waals surface area contributed by atoms with E-state index < -0.39 is 21.4 Å². The minimum Gasteiger partial charge on any atom is -0.481 e. The van der Waals surface area contributed by atoms with E-state index in [1.165, 1.54) is 4.31 Å². The Bertz CT molecular complexity index is 628. The predicted molar refractivity (Wildman–Crippen MR) is 72.6 cm³/mol. The monoisotopic (exact) mass is 295 g/mol. The van der Waals surface area contributed by atoms with Crippen molar-refractivity contribution in [3.8, 4) is 0 Å². The van der Waals surface area contributed by atoms with Crippen LogP contribution in [0.25, 0.3) is 0 Å². The highest BCUT2D eigenvalue weighted by atomic mass is 32.2. The molecule has 2 aliphatic rings. The number of hydrogen-bond donors (Lipinski definition) is 1. The summed E-state index contributed by atoms with van der Waals surface area (Å²) in [5.41, 5.74) is -0.873. The topological polar surface area (TPSA) is 74.7 Å². The Hall–Kier alpha value is -1.40. The molecule has 1 saturated heterocycles. The number of nitrogens with zero attached hydrogens (tertiary/aromatic N) is 1. The van der Waals surface area contributed by atoms with Crippen LogP contribution in [-0.2, 0) is 14.8 Å². The summed E-state index contributed by atoms with van der Waals surface area (Å²) in [4.78, 5) is 11.8. The van der Waals surface area contributed by atoms with Gasteiger partial charge in [-0.05, 0) is 30.9 Å². The molecule has 2 fully saturated rings. The standard InChI is InChI=1S/C14H17NO4S/c16-13(17)14-8-4-5-11(14)9-15(10-14)20(18,19)12-6-2-1-3-7-12/h1-3,6-7,11H,4-5,8-10H2,(H,16,17)/t11-,14+/m0/s1. The summed E-state index contributed by atoms with van der Waals surface area (Å²) in [6.07, 6.45) is 2.25. The Morgan fingerprint density at radius 1 is 1.30 bits per heavy atom. The van der Waals surface area contributed by atoms with E-state index in [1.807, 2.05) is 0 Å². The van der Waals surface area contributed by atoms with E-state index in [1.54, 1.807) is 30.3 Å². The SMILES string of the molecule is O=C(O)[C@@]12CCC[C@H]1CN(S(=O)(=O)c1ccccc1)C2. The molecule has 1 aromatic rings. The molecule has 1 aliphatic heterocycles. The molecule has 1 N–H and O–H groups in total. The van der Waals surface area contributed by atoms with E-state index >= 15 is 0 Å². The molecule has 20 heavy (non-hydrogen) atoms. The molecule has 5 nitrogen and oxygen atoms in total. The number of hydrogen-bond acceptors (Lipinski definition) is 3. The van der Waals surface area contributed by atoms with Crippen LogP contribution in [0.3, 0.4) is 0 Å². The zero-order valence-corrected chi connectivity index (χ0v) is 11.8. The van der Waals surface area contributed by atoms with Crippen LogP contribution in [0.4, 0.5) is 0 Å². The average molecular weight is 295 g/mol. The Morgan fingerprint density at radius 3 is 2.60 bits per heavy atom. The van der Waals surface area contributed by atoms with Crippen LogP contribution in [0.5, 0.6) is 0 Å². The third kappa shape index (κ3) is 1.86. The number of carboxylic acids is 1. The number of fused-ring (bicyclic) bond motifs is 1. The number of benzene rings is 1. The van der Waals surface area contributed by atoms with Gasteiger partial charge in [0.1, 0.15) is 0 Å². The normalized spacial score (nSPS) is 30.3. The first-order valence-electron chi connectivity index (χ1n) is 6.75. The van der Waals surface area contributed by atoms with Crippen molar-refractivity contribution in [3.05, 3.63) is 30.3 Å². The minimum absolute atomic E-state index is 0.0570. The molecule has 1 aromatic carbocycles. The smallest absolute Gasteiger partial charge is 0.311 e. The number of sulfonamides is 1. The third-order valence-corrected chi connectivity index (χ3v) is 6.47. The lowest BCUT2D eigenvalue weighted by Gasteiger charge is -2.23. The summed E-state index contributed by atoms with van der Waals surface area (Å²) < 4.78 is 26.5. The van der Waals surface area contributed by atoms with Crippen molar-refractivity contribution in [2.75, 3.05) is 13.1 Å². The molecule has 108 valence electrons. The first-order valence-corrected chi connectivity index (χ1v) is 8.19. The maximum atomic E-state index is 12.6. The van der Waals surface area contributed by atoms with Gasteiger partial charge in [0.15, 0.2) is 0 Å². The molecule has 0 radical (unpaired) electrons. The van der Waals surface area contributed by atoms with Gasteiger partial charge in [0.05, 0.1) is 10.3 Å². The molecule has 0 aromatic heterocycles. The molecule has 1 saturated carbocycles. The number of rotatable bonds is 3. The zero-order chi connectivity index (χ0) is 14.4. The van der Waals surface area contributed by atoms with Crippen molar-refractivity contribution in [1.82, 2.24) is 4.31 Å². The quantitative estimate of drug-likeness (QED) is 0.918. The van der Waals surface area contributed by atoms with E-state index in [9.17, 15) is 18.3 Å². The van der Waals surface area contributed by atoms with Crippen molar-refractivity contribution < 1.29 is 18.3 Å². The van der Waals surface area contributed by atoms with Gasteiger partial charge in [0.25, 0.3) is 0 Å².